The Morgan fingerprint density at radius 3 is 2.53 bits per heavy atom. The van der Waals surface area contributed by atoms with Gasteiger partial charge in [0.2, 0.25) is 0 Å². The smallest absolute Gasteiger partial charge is 0.349 e. The first kappa shape index (κ1) is 12.2. The van der Waals surface area contributed by atoms with Crippen molar-refractivity contribution in [2.75, 3.05) is 0 Å². The zero-order valence-corrected chi connectivity index (χ0v) is 9.58. The summed E-state index contributed by atoms with van der Waals surface area (Å²) in [6.07, 6.45) is 1.49. The molecule has 0 aromatic carbocycles. The number of carboxylic acids is 1. The fraction of sp³-hybridized carbons (Fsp3) is 0.818. The van der Waals surface area contributed by atoms with Crippen molar-refractivity contribution in [2.45, 2.75) is 39.7 Å². The number of carboxylic acid groups (broad SMARTS) is 1. The molecule has 1 saturated carbocycles. The van der Waals surface area contributed by atoms with E-state index in [0.717, 1.165) is 6.42 Å². The van der Waals surface area contributed by atoms with Gasteiger partial charge >= 0.3 is 5.97 Å². The van der Waals surface area contributed by atoms with Crippen LogP contribution in [0.15, 0.2) is 0 Å². The number of rotatable bonds is 2. The van der Waals surface area contributed by atoms with Crippen molar-refractivity contribution in [3.8, 4) is 0 Å². The van der Waals surface area contributed by atoms with E-state index >= 15 is 0 Å². The molecule has 15 heavy (non-hydrogen) atoms. The largest absolute Gasteiger partial charge is 0.477 e. The van der Waals surface area contributed by atoms with Crippen molar-refractivity contribution < 1.29 is 9.90 Å². The molecule has 4 nitrogen and oxygen atoms in total. The van der Waals surface area contributed by atoms with Gasteiger partial charge in [-0.1, -0.05) is 20.8 Å². The van der Waals surface area contributed by atoms with Gasteiger partial charge in [0.1, 0.15) is 5.71 Å². The summed E-state index contributed by atoms with van der Waals surface area (Å²) >= 11 is 0. The summed E-state index contributed by atoms with van der Waals surface area (Å²) in [6.45, 7) is 6.41. The standard InChI is InChI=1S/C11H20N2O2/c1-6-4-7(9(13)10(14)15)8(12)5-11(6,2)3/h6-8,13H,4-5,12H2,1-3H3,(H,14,15). The lowest BCUT2D eigenvalue weighted by atomic mass is 9.63. The van der Waals surface area contributed by atoms with Crippen molar-refractivity contribution in [1.29, 1.82) is 5.41 Å². The molecule has 1 fully saturated rings. The van der Waals surface area contributed by atoms with E-state index in [9.17, 15) is 4.79 Å². The normalized spacial score (nSPS) is 34.8. The van der Waals surface area contributed by atoms with E-state index in [4.69, 9.17) is 16.2 Å². The first-order valence-electron chi connectivity index (χ1n) is 5.33. The molecule has 0 radical (unpaired) electrons. The average molecular weight is 212 g/mol. The molecule has 0 saturated heterocycles. The molecule has 3 unspecified atom stereocenters. The molecular formula is C11H20N2O2. The Bertz CT molecular complexity index is 286. The van der Waals surface area contributed by atoms with Crippen molar-refractivity contribution in [3.05, 3.63) is 0 Å². The first-order chi connectivity index (χ1) is 6.75. The fourth-order valence-electron chi connectivity index (χ4n) is 2.32. The number of aliphatic carboxylic acids is 1. The molecule has 0 aromatic heterocycles. The summed E-state index contributed by atoms with van der Waals surface area (Å²) in [6, 6.07) is -0.195. The molecule has 0 spiro atoms. The Hall–Kier alpha value is -0.900. The van der Waals surface area contributed by atoms with Gasteiger partial charge in [0.05, 0.1) is 0 Å². The predicted molar refractivity (Wildman–Crippen MR) is 59.0 cm³/mol. The second kappa shape index (κ2) is 3.93. The van der Waals surface area contributed by atoms with Gasteiger partial charge in [-0.05, 0) is 24.2 Å². The topological polar surface area (TPSA) is 87.2 Å². The van der Waals surface area contributed by atoms with E-state index in [1.165, 1.54) is 0 Å². The maximum absolute atomic E-state index is 10.7. The van der Waals surface area contributed by atoms with Gasteiger partial charge in [-0.25, -0.2) is 4.79 Å². The van der Waals surface area contributed by atoms with Crippen LogP contribution >= 0.6 is 0 Å². The van der Waals surface area contributed by atoms with E-state index < -0.39 is 5.97 Å². The molecule has 0 aromatic rings. The third-order valence-electron chi connectivity index (χ3n) is 3.82. The average Bonchev–Trinajstić information content (AvgIpc) is 2.09. The fourth-order valence-corrected chi connectivity index (χ4v) is 2.32. The van der Waals surface area contributed by atoms with Crippen LogP contribution in [0.1, 0.15) is 33.6 Å². The Labute approximate surface area is 90.4 Å². The van der Waals surface area contributed by atoms with Crippen LogP contribution in [0.3, 0.4) is 0 Å². The summed E-state index contributed by atoms with van der Waals surface area (Å²) in [5.74, 6) is -1.02. The van der Waals surface area contributed by atoms with Crippen LogP contribution in [-0.2, 0) is 4.79 Å². The van der Waals surface area contributed by atoms with Gasteiger partial charge < -0.3 is 10.8 Å². The lowest BCUT2D eigenvalue weighted by Gasteiger charge is -2.43. The number of nitrogens with one attached hydrogen (secondary N) is 1. The van der Waals surface area contributed by atoms with Crippen LogP contribution in [0, 0.1) is 22.7 Å². The molecule has 1 aliphatic rings. The summed E-state index contributed by atoms with van der Waals surface area (Å²) in [5, 5.41) is 16.3. The second-order valence-corrected chi connectivity index (χ2v) is 5.32. The number of hydrogen-bond acceptors (Lipinski definition) is 3. The van der Waals surface area contributed by atoms with Crippen LogP contribution in [-0.4, -0.2) is 22.8 Å². The molecule has 86 valence electrons. The van der Waals surface area contributed by atoms with Gasteiger partial charge in [0.15, 0.2) is 0 Å². The lowest BCUT2D eigenvalue weighted by molar-refractivity contribution is -0.130. The first-order valence-corrected chi connectivity index (χ1v) is 5.33. The maximum Gasteiger partial charge on any atom is 0.349 e. The molecule has 0 aliphatic heterocycles. The molecule has 0 amide bonds. The van der Waals surface area contributed by atoms with Crippen molar-refractivity contribution >= 4 is 11.7 Å². The van der Waals surface area contributed by atoms with Gasteiger partial charge in [0, 0.05) is 12.0 Å². The van der Waals surface area contributed by atoms with Gasteiger partial charge in [-0.3, -0.25) is 5.41 Å². The third-order valence-corrected chi connectivity index (χ3v) is 3.82. The minimum atomic E-state index is -1.14. The predicted octanol–water partition coefficient (Wildman–Crippen LogP) is 1.49. The molecule has 0 bridgehead atoms. The van der Waals surface area contributed by atoms with Gasteiger partial charge in [-0.15, -0.1) is 0 Å². The Morgan fingerprint density at radius 1 is 1.53 bits per heavy atom. The Morgan fingerprint density at radius 2 is 2.07 bits per heavy atom. The van der Waals surface area contributed by atoms with Crippen molar-refractivity contribution in [3.63, 3.8) is 0 Å². The Balaban J connectivity index is 2.79. The third kappa shape index (κ3) is 2.37. The molecule has 3 atom stereocenters. The van der Waals surface area contributed by atoms with E-state index in [1.807, 2.05) is 0 Å². The molecule has 4 heteroatoms. The van der Waals surface area contributed by atoms with Crippen LogP contribution in [0.2, 0.25) is 0 Å². The zero-order chi connectivity index (χ0) is 11.8. The Kier molecular flexibility index (Phi) is 3.19. The highest BCUT2D eigenvalue weighted by atomic mass is 16.4. The summed E-state index contributed by atoms with van der Waals surface area (Å²) in [5.41, 5.74) is 5.87. The van der Waals surface area contributed by atoms with Crippen molar-refractivity contribution in [1.82, 2.24) is 0 Å². The lowest BCUT2D eigenvalue weighted by Crippen LogP contribution is -2.48. The minimum Gasteiger partial charge on any atom is -0.477 e. The number of carbonyl (C=O) groups is 1. The maximum atomic E-state index is 10.7. The monoisotopic (exact) mass is 212 g/mol. The van der Waals surface area contributed by atoms with E-state index in [1.54, 1.807) is 0 Å². The van der Waals surface area contributed by atoms with Gasteiger partial charge in [0.25, 0.3) is 0 Å². The highest BCUT2D eigenvalue weighted by Gasteiger charge is 2.41. The highest BCUT2D eigenvalue weighted by Crippen LogP contribution is 2.42. The molecule has 1 rings (SSSR count). The molecular weight excluding hydrogens is 192 g/mol. The number of hydrogen-bond donors (Lipinski definition) is 3. The second-order valence-electron chi connectivity index (χ2n) is 5.32. The number of nitrogens with two attached hydrogens (primary N) is 1. The summed E-state index contributed by atoms with van der Waals surface area (Å²) in [7, 11) is 0. The quantitative estimate of drug-likeness (QED) is 0.606. The highest BCUT2D eigenvalue weighted by molar-refractivity contribution is 6.35. The summed E-state index contributed by atoms with van der Waals surface area (Å²) < 4.78 is 0. The molecule has 4 N–H and O–H groups in total. The van der Waals surface area contributed by atoms with Crippen molar-refractivity contribution in [2.24, 2.45) is 23.0 Å². The van der Waals surface area contributed by atoms with E-state index in [2.05, 4.69) is 20.8 Å². The van der Waals surface area contributed by atoms with Crippen LogP contribution < -0.4 is 5.73 Å². The minimum absolute atomic E-state index is 0.148. The summed E-state index contributed by atoms with van der Waals surface area (Å²) in [4.78, 5) is 10.7. The SMILES string of the molecule is CC1CC(C(=N)C(=O)O)C(N)CC1(C)C. The van der Waals surface area contributed by atoms with E-state index in [-0.39, 0.29) is 23.1 Å². The van der Waals surface area contributed by atoms with Crippen LogP contribution in [0.5, 0.6) is 0 Å². The van der Waals surface area contributed by atoms with E-state index in [0.29, 0.717) is 12.3 Å². The van der Waals surface area contributed by atoms with Gasteiger partial charge in [-0.2, -0.15) is 0 Å². The molecule has 1 aliphatic carbocycles. The zero-order valence-electron chi connectivity index (χ0n) is 9.58. The van der Waals surface area contributed by atoms with Crippen LogP contribution in [0.25, 0.3) is 0 Å². The molecule has 0 heterocycles. The van der Waals surface area contributed by atoms with Crippen LogP contribution in [0.4, 0.5) is 0 Å².